The van der Waals surface area contributed by atoms with Crippen molar-refractivity contribution in [1.29, 1.82) is 0 Å². The van der Waals surface area contributed by atoms with Crippen LogP contribution in [0.1, 0.15) is 17.3 Å². The van der Waals surface area contributed by atoms with Gasteiger partial charge in [-0.25, -0.2) is 9.37 Å². The van der Waals surface area contributed by atoms with Crippen LogP contribution in [0.4, 0.5) is 4.39 Å². The highest BCUT2D eigenvalue weighted by molar-refractivity contribution is 7.99. The second kappa shape index (κ2) is 8.01. The molecular weight excluding hydrogens is 355 g/mol. The molecule has 0 bridgehead atoms. The molecular formula is C18H17FN4O2S. The van der Waals surface area contributed by atoms with Gasteiger partial charge in [0.1, 0.15) is 5.82 Å². The number of para-hydroxylation sites is 2. The molecule has 0 spiro atoms. The average Bonchev–Trinajstić information content (AvgIpc) is 3.02. The number of carbonyl (C=O) groups excluding carboxylic acids is 2. The number of hydrazine groups is 1. The smallest absolute Gasteiger partial charge is 0.272 e. The molecule has 0 saturated carbocycles. The SMILES string of the molecule is CCn1c(SCC(=O)NNC(=O)c2ccccc2F)nc2ccccc21. The van der Waals surface area contributed by atoms with Crippen molar-refractivity contribution in [2.75, 3.05) is 5.75 Å². The van der Waals surface area contributed by atoms with E-state index in [1.54, 1.807) is 6.07 Å². The van der Waals surface area contributed by atoms with E-state index in [1.807, 2.05) is 35.8 Å². The van der Waals surface area contributed by atoms with Gasteiger partial charge in [0.05, 0.1) is 22.3 Å². The summed E-state index contributed by atoms with van der Waals surface area (Å²) in [5.41, 5.74) is 6.24. The number of thioether (sulfide) groups is 1. The number of nitrogens with zero attached hydrogens (tertiary/aromatic N) is 2. The largest absolute Gasteiger partial charge is 0.319 e. The normalized spacial score (nSPS) is 10.7. The monoisotopic (exact) mass is 372 g/mol. The van der Waals surface area contributed by atoms with Gasteiger partial charge < -0.3 is 4.57 Å². The van der Waals surface area contributed by atoms with E-state index >= 15 is 0 Å². The van der Waals surface area contributed by atoms with E-state index in [4.69, 9.17) is 0 Å². The molecule has 1 heterocycles. The standard InChI is InChI=1S/C18H17FN4O2S/c1-2-23-15-10-6-5-9-14(15)20-18(23)26-11-16(24)21-22-17(25)12-7-3-4-8-13(12)19/h3-10H,2,11H2,1H3,(H,21,24)(H,22,25). The summed E-state index contributed by atoms with van der Waals surface area (Å²) in [6, 6.07) is 13.3. The lowest BCUT2D eigenvalue weighted by Crippen LogP contribution is -2.42. The lowest BCUT2D eigenvalue weighted by Gasteiger charge is -2.08. The molecule has 2 aromatic carbocycles. The van der Waals surface area contributed by atoms with Gasteiger partial charge in [-0.2, -0.15) is 0 Å². The molecule has 0 aliphatic carbocycles. The van der Waals surface area contributed by atoms with E-state index in [-0.39, 0.29) is 11.3 Å². The minimum absolute atomic E-state index is 0.0703. The van der Waals surface area contributed by atoms with Gasteiger partial charge in [0.25, 0.3) is 5.91 Å². The molecule has 2 amide bonds. The third-order valence-corrected chi connectivity index (χ3v) is 4.68. The number of halogens is 1. The summed E-state index contributed by atoms with van der Waals surface area (Å²) >= 11 is 1.27. The fraction of sp³-hybridized carbons (Fsp3) is 0.167. The number of imidazole rings is 1. The first kappa shape index (κ1) is 17.9. The van der Waals surface area contributed by atoms with Crippen LogP contribution in [0.25, 0.3) is 11.0 Å². The van der Waals surface area contributed by atoms with Crippen LogP contribution in [-0.2, 0) is 11.3 Å². The summed E-state index contributed by atoms with van der Waals surface area (Å²) in [5.74, 6) is -1.69. The first-order valence-electron chi connectivity index (χ1n) is 8.02. The highest BCUT2D eigenvalue weighted by Crippen LogP contribution is 2.23. The Kier molecular flexibility index (Phi) is 5.52. The summed E-state index contributed by atoms with van der Waals surface area (Å²) in [7, 11) is 0. The molecule has 0 radical (unpaired) electrons. The van der Waals surface area contributed by atoms with Crippen molar-refractivity contribution < 1.29 is 14.0 Å². The summed E-state index contributed by atoms with van der Waals surface area (Å²) in [5, 5.41) is 0.726. The van der Waals surface area contributed by atoms with Crippen molar-refractivity contribution in [3.8, 4) is 0 Å². The predicted octanol–water partition coefficient (Wildman–Crippen LogP) is 2.75. The summed E-state index contributed by atoms with van der Waals surface area (Å²) < 4.78 is 15.5. The molecule has 0 saturated heterocycles. The van der Waals surface area contributed by atoms with Crippen LogP contribution in [-0.4, -0.2) is 27.1 Å². The van der Waals surface area contributed by atoms with Gasteiger partial charge in [-0.3, -0.25) is 20.4 Å². The Hall–Kier alpha value is -2.87. The third kappa shape index (κ3) is 3.85. The summed E-state index contributed by atoms with van der Waals surface area (Å²) in [6.07, 6.45) is 0. The van der Waals surface area contributed by atoms with Crippen LogP contribution in [0.5, 0.6) is 0 Å². The molecule has 0 aliphatic rings. The van der Waals surface area contributed by atoms with Crippen LogP contribution in [0, 0.1) is 5.82 Å². The Morgan fingerprint density at radius 3 is 2.62 bits per heavy atom. The number of aromatic nitrogens is 2. The maximum absolute atomic E-state index is 13.5. The summed E-state index contributed by atoms with van der Waals surface area (Å²) in [4.78, 5) is 28.4. The number of aryl methyl sites for hydroxylation is 1. The molecule has 3 aromatic rings. The molecule has 26 heavy (non-hydrogen) atoms. The van der Waals surface area contributed by atoms with Gasteiger partial charge in [-0.05, 0) is 31.2 Å². The third-order valence-electron chi connectivity index (χ3n) is 3.70. The lowest BCUT2D eigenvalue weighted by molar-refractivity contribution is -0.119. The van der Waals surface area contributed by atoms with E-state index in [2.05, 4.69) is 15.8 Å². The van der Waals surface area contributed by atoms with E-state index in [0.717, 1.165) is 22.7 Å². The first-order valence-corrected chi connectivity index (χ1v) is 9.00. The molecule has 6 nitrogen and oxygen atoms in total. The van der Waals surface area contributed by atoms with Crippen LogP contribution in [0.3, 0.4) is 0 Å². The predicted molar refractivity (Wildman–Crippen MR) is 98.1 cm³/mol. The molecule has 0 aliphatic heterocycles. The average molecular weight is 372 g/mol. The molecule has 0 fully saturated rings. The van der Waals surface area contributed by atoms with Crippen LogP contribution in [0.15, 0.2) is 53.7 Å². The lowest BCUT2D eigenvalue weighted by atomic mass is 10.2. The Morgan fingerprint density at radius 2 is 1.85 bits per heavy atom. The van der Waals surface area contributed by atoms with Crippen molar-refractivity contribution in [3.05, 3.63) is 59.9 Å². The summed E-state index contributed by atoms with van der Waals surface area (Å²) in [6.45, 7) is 2.74. The van der Waals surface area contributed by atoms with Gasteiger partial charge in [0.15, 0.2) is 5.16 Å². The molecule has 0 unspecified atom stereocenters. The second-order valence-electron chi connectivity index (χ2n) is 5.40. The Bertz CT molecular complexity index is 957. The number of benzene rings is 2. The molecule has 1 aromatic heterocycles. The maximum Gasteiger partial charge on any atom is 0.272 e. The van der Waals surface area contributed by atoms with Gasteiger partial charge in [0.2, 0.25) is 5.91 Å². The zero-order chi connectivity index (χ0) is 18.5. The van der Waals surface area contributed by atoms with Crippen molar-refractivity contribution in [2.45, 2.75) is 18.6 Å². The second-order valence-corrected chi connectivity index (χ2v) is 6.34. The fourth-order valence-electron chi connectivity index (χ4n) is 2.47. The van der Waals surface area contributed by atoms with Crippen molar-refractivity contribution in [3.63, 3.8) is 0 Å². The first-order chi connectivity index (χ1) is 12.6. The van der Waals surface area contributed by atoms with Gasteiger partial charge in [0, 0.05) is 6.54 Å². The van der Waals surface area contributed by atoms with Crippen molar-refractivity contribution in [2.24, 2.45) is 0 Å². The zero-order valence-corrected chi connectivity index (χ0v) is 14.8. The van der Waals surface area contributed by atoms with Crippen molar-refractivity contribution >= 4 is 34.6 Å². The number of amides is 2. The van der Waals surface area contributed by atoms with Gasteiger partial charge in [-0.15, -0.1) is 0 Å². The molecule has 0 atom stereocenters. The minimum atomic E-state index is -0.706. The quantitative estimate of drug-likeness (QED) is 0.533. The minimum Gasteiger partial charge on any atom is -0.319 e. The molecule has 134 valence electrons. The van der Waals surface area contributed by atoms with E-state index in [1.165, 1.54) is 30.0 Å². The Morgan fingerprint density at radius 1 is 1.12 bits per heavy atom. The number of hydrogen-bond donors (Lipinski definition) is 2. The Balaban J connectivity index is 1.58. The molecule has 2 N–H and O–H groups in total. The van der Waals surface area contributed by atoms with Crippen LogP contribution < -0.4 is 10.9 Å². The van der Waals surface area contributed by atoms with E-state index in [9.17, 15) is 14.0 Å². The topological polar surface area (TPSA) is 76.0 Å². The Labute approximate surface area is 153 Å². The zero-order valence-electron chi connectivity index (χ0n) is 14.0. The number of hydrogen-bond acceptors (Lipinski definition) is 4. The van der Waals surface area contributed by atoms with Gasteiger partial charge in [-0.1, -0.05) is 36.0 Å². The number of rotatable bonds is 5. The number of carbonyl (C=O) groups is 2. The van der Waals surface area contributed by atoms with Crippen molar-refractivity contribution in [1.82, 2.24) is 20.4 Å². The van der Waals surface area contributed by atoms with Crippen LogP contribution >= 0.6 is 11.8 Å². The van der Waals surface area contributed by atoms with Crippen LogP contribution in [0.2, 0.25) is 0 Å². The fourth-order valence-corrected chi connectivity index (χ4v) is 3.35. The molecule has 8 heteroatoms. The maximum atomic E-state index is 13.5. The highest BCUT2D eigenvalue weighted by atomic mass is 32.2. The van der Waals surface area contributed by atoms with E-state index < -0.39 is 17.6 Å². The molecule has 3 rings (SSSR count). The van der Waals surface area contributed by atoms with E-state index in [0.29, 0.717) is 0 Å². The number of nitrogens with one attached hydrogen (secondary N) is 2. The highest BCUT2D eigenvalue weighted by Gasteiger charge is 2.14. The van der Waals surface area contributed by atoms with Gasteiger partial charge >= 0.3 is 0 Å². The number of fused-ring (bicyclic) bond motifs is 1.